The second-order valence-corrected chi connectivity index (χ2v) is 5.74. The highest BCUT2D eigenvalue weighted by molar-refractivity contribution is 5.78. The van der Waals surface area contributed by atoms with Crippen molar-refractivity contribution in [3.8, 4) is 0 Å². The van der Waals surface area contributed by atoms with Gasteiger partial charge in [-0.1, -0.05) is 6.92 Å². The minimum Gasteiger partial charge on any atom is -0.448 e. The highest BCUT2D eigenvalue weighted by Crippen LogP contribution is 2.28. The largest absolute Gasteiger partial charge is 0.448 e. The molecule has 1 amide bonds. The zero-order valence-corrected chi connectivity index (χ0v) is 12.6. The van der Waals surface area contributed by atoms with Crippen LogP contribution in [-0.4, -0.2) is 27.1 Å². The van der Waals surface area contributed by atoms with Crippen molar-refractivity contribution in [1.29, 1.82) is 0 Å². The molecule has 0 aliphatic heterocycles. The molecule has 2 heterocycles. The van der Waals surface area contributed by atoms with Gasteiger partial charge in [0.2, 0.25) is 17.7 Å². The van der Waals surface area contributed by atoms with Crippen molar-refractivity contribution >= 4 is 5.91 Å². The molecule has 2 aromatic heterocycles. The van der Waals surface area contributed by atoms with Crippen molar-refractivity contribution < 1.29 is 13.6 Å². The summed E-state index contributed by atoms with van der Waals surface area (Å²) in [5.74, 6) is 2.44. The van der Waals surface area contributed by atoms with Gasteiger partial charge >= 0.3 is 0 Å². The summed E-state index contributed by atoms with van der Waals surface area (Å²) in [7, 11) is 0. The fraction of sp³-hybridized carbons (Fsp3) is 0.600. The molecule has 1 saturated carbocycles. The van der Waals surface area contributed by atoms with Crippen LogP contribution in [0.1, 0.15) is 43.7 Å². The first-order chi connectivity index (χ1) is 10.7. The summed E-state index contributed by atoms with van der Waals surface area (Å²) in [5, 5.41) is 11.1. The number of hydrogen-bond acceptors (Lipinski definition) is 6. The molecule has 0 bridgehead atoms. The summed E-state index contributed by atoms with van der Waals surface area (Å²) >= 11 is 0. The monoisotopic (exact) mass is 304 g/mol. The second kappa shape index (κ2) is 6.72. The van der Waals surface area contributed by atoms with E-state index in [0.717, 1.165) is 32.1 Å². The fourth-order valence-electron chi connectivity index (χ4n) is 2.92. The van der Waals surface area contributed by atoms with Gasteiger partial charge in [0, 0.05) is 18.9 Å². The maximum atomic E-state index is 11.9. The minimum atomic E-state index is -0.0199. The molecule has 22 heavy (non-hydrogen) atoms. The van der Waals surface area contributed by atoms with Crippen LogP contribution in [0.3, 0.4) is 0 Å². The number of aryl methyl sites for hydroxylation is 1. The third kappa shape index (κ3) is 3.72. The zero-order chi connectivity index (χ0) is 15.4. The van der Waals surface area contributed by atoms with Gasteiger partial charge in [0.15, 0.2) is 6.39 Å². The van der Waals surface area contributed by atoms with Crippen LogP contribution in [0.2, 0.25) is 0 Å². The molecule has 1 fully saturated rings. The number of carbonyl (C=O) groups excluding carboxylic acids is 1. The number of aromatic nitrogens is 3. The maximum Gasteiger partial charge on any atom is 0.227 e. The molecule has 0 spiro atoms. The minimum absolute atomic E-state index is 0.0199. The van der Waals surface area contributed by atoms with Gasteiger partial charge in [0.25, 0.3) is 0 Å². The second-order valence-electron chi connectivity index (χ2n) is 5.74. The lowest BCUT2D eigenvalue weighted by Crippen LogP contribution is -2.34. The van der Waals surface area contributed by atoms with E-state index in [9.17, 15) is 4.79 Å². The van der Waals surface area contributed by atoms with Gasteiger partial charge in [-0.3, -0.25) is 4.79 Å². The van der Waals surface area contributed by atoms with Crippen molar-refractivity contribution in [3.05, 3.63) is 30.1 Å². The van der Waals surface area contributed by atoms with Crippen molar-refractivity contribution in [2.24, 2.45) is 5.92 Å². The van der Waals surface area contributed by atoms with E-state index >= 15 is 0 Å². The van der Waals surface area contributed by atoms with Gasteiger partial charge < -0.3 is 14.2 Å². The number of amides is 1. The van der Waals surface area contributed by atoms with Crippen LogP contribution in [0, 0.1) is 5.92 Å². The van der Waals surface area contributed by atoms with Gasteiger partial charge in [-0.2, -0.15) is 0 Å². The van der Waals surface area contributed by atoms with E-state index < -0.39 is 0 Å². The summed E-state index contributed by atoms with van der Waals surface area (Å²) < 4.78 is 10.6. The number of carbonyl (C=O) groups is 1. The Kier molecular flexibility index (Phi) is 4.50. The van der Waals surface area contributed by atoms with Gasteiger partial charge in [-0.15, -0.1) is 10.2 Å². The molecular formula is C15H20N4O3. The first-order valence-corrected chi connectivity index (χ1v) is 7.71. The van der Waals surface area contributed by atoms with Crippen molar-refractivity contribution in [2.45, 2.75) is 51.5 Å². The summed E-state index contributed by atoms with van der Waals surface area (Å²) in [6.07, 6.45) is 7.70. The molecule has 0 radical (unpaired) electrons. The quantitative estimate of drug-likeness (QED) is 0.872. The summed E-state index contributed by atoms with van der Waals surface area (Å²) in [6, 6.07) is 0.217. The van der Waals surface area contributed by atoms with Crippen molar-refractivity contribution in [3.63, 3.8) is 0 Å². The smallest absolute Gasteiger partial charge is 0.227 e. The van der Waals surface area contributed by atoms with Gasteiger partial charge in [-0.25, -0.2) is 4.98 Å². The third-order valence-electron chi connectivity index (χ3n) is 4.00. The molecule has 0 aromatic carbocycles. The van der Waals surface area contributed by atoms with E-state index in [1.165, 1.54) is 6.39 Å². The topological polar surface area (TPSA) is 94.1 Å². The van der Waals surface area contributed by atoms with Crippen LogP contribution in [0.4, 0.5) is 0 Å². The lowest BCUT2D eigenvalue weighted by molar-refractivity contribution is -0.121. The van der Waals surface area contributed by atoms with E-state index in [2.05, 4.69) is 20.5 Å². The average molecular weight is 304 g/mol. The van der Waals surface area contributed by atoms with E-state index in [4.69, 9.17) is 8.83 Å². The fourth-order valence-corrected chi connectivity index (χ4v) is 2.92. The third-order valence-corrected chi connectivity index (χ3v) is 4.00. The molecule has 2 atom stereocenters. The lowest BCUT2D eigenvalue weighted by atomic mass is 10.0. The maximum absolute atomic E-state index is 11.9. The van der Waals surface area contributed by atoms with E-state index in [-0.39, 0.29) is 18.4 Å². The van der Waals surface area contributed by atoms with Crippen LogP contribution in [0.15, 0.2) is 21.4 Å². The SMILES string of the molecule is CCc1nnc(C[C@@H]2CC[C@H](NC(=O)Cc3cnco3)C2)o1. The molecule has 0 saturated heterocycles. The summed E-state index contributed by atoms with van der Waals surface area (Å²) in [5.41, 5.74) is 0. The van der Waals surface area contributed by atoms with Crippen LogP contribution >= 0.6 is 0 Å². The van der Waals surface area contributed by atoms with Crippen LogP contribution in [-0.2, 0) is 24.1 Å². The Morgan fingerprint density at radius 1 is 1.36 bits per heavy atom. The zero-order valence-electron chi connectivity index (χ0n) is 12.6. The molecule has 2 aromatic rings. The average Bonchev–Trinajstić information content (AvgIpc) is 3.22. The Hall–Kier alpha value is -2.18. The first kappa shape index (κ1) is 14.7. The van der Waals surface area contributed by atoms with E-state index in [0.29, 0.717) is 23.5 Å². The number of oxazole rings is 1. The molecule has 0 unspecified atom stereocenters. The number of nitrogens with one attached hydrogen (secondary N) is 1. The van der Waals surface area contributed by atoms with Crippen LogP contribution in [0.5, 0.6) is 0 Å². The number of hydrogen-bond donors (Lipinski definition) is 1. The predicted octanol–water partition coefficient (Wildman–Crippen LogP) is 1.69. The van der Waals surface area contributed by atoms with Gasteiger partial charge in [-0.05, 0) is 25.2 Å². The number of nitrogens with zero attached hydrogens (tertiary/aromatic N) is 3. The number of rotatable bonds is 6. The normalized spacial score (nSPS) is 21.1. The predicted molar refractivity (Wildman–Crippen MR) is 76.9 cm³/mol. The lowest BCUT2D eigenvalue weighted by Gasteiger charge is -2.12. The van der Waals surface area contributed by atoms with E-state index in [1.807, 2.05) is 6.92 Å². The van der Waals surface area contributed by atoms with Crippen LogP contribution in [0.25, 0.3) is 0 Å². The molecular weight excluding hydrogens is 284 g/mol. The Labute approximate surface area is 128 Å². The molecule has 7 heteroatoms. The summed E-state index contributed by atoms with van der Waals surface area (Å²) in [4.78, 5) is 15.7. The highest BCUT2D eigenvalue weighted by Gasteiger charge is 2.27. The van der Waals surface area contributed by atoms with Crippen molar-refractivity contribution in [1.82, 2.24) is 20.5 Å². The van der Waals surface area contributed by atoms with Gasteiger partial charge in [0.05, 0.1) is 12.6 Å². The first-order valence-electron chi connectivity index (χ1n) is 7.71. The van der Waals surface area contributed by atoms with Crippen LogP contribution < -0.4 is 5.32 Å². The molecule has 1 aliphatic carbocycles. The Balaban J connectivity index is 1.44. The highest BCUT2D eigenvalue weighted by atomic mass is 16.4. The van der Waals surface area contributed by atoms with Gasteiger partial charge in [0.1, 0.15) is 5.76 Å². The Morgan fingerprint density at radius 2 is 2.23 bits per heavy atom. The molecule has 1 aliphatic rings. The molecule has 3 rings (SSSR count). The van der Waals surface area contributed by atoms with E-state index in [1.54, 1.807) is 6.20 Å². The molecule has 7 nitrogen and oxygen atoms in total. The Morgan fingerprint density at radius 3 is 2.95 bits per heavy atom. The summed E-state index contributed by atoms with van der Waals surface area (Å²) in [6.45, 7) is 1.99. The standard InChI is InChI=1S/C15H20N4O3/c1-2-14-18-19-15(22-14)6-10-3-4-11(5-10)17-13(20)7-12-8-16-9-21-12/h8-11H,2-7H2,1H3,(H,17,20)/t10-,11+/m1/s1. The Bertz CT molecular complexity index is 608. The molecule has 1 N–H and O–H groups in total. The van der Waals surface area contributed by atoms with Crippen molar-refractivity contribution in [2.75, 3.05) is 0 Å². The molecule has 118 valence electrons.